The molecular weight excluding hydrogens is 220 g/mol. The molecule has 0 bridgehead atoms. The quantitative estimate of drug-likeness (QED) is 0.720. The van der Waals surface area contributed by atoms with Crippen molar-refractivity contribution < 1.29 is 5.11 Å². The summed E-state index contributed by atoms with van der Waals surface area (Å²) in [6.45, 7) is 7.62. The number of aromatic nitrogens is 1. The molecule has 1 aromatic rings. The molecule has 0 radical (unpaired) electrons. The van der Waals surface area contributed by atoms with E-state index in [1.165, 1.54) is 0 Å². The molecule has 0 saturated heterocycles. The Morgan fingerprint density at radius 2 is 2.12 bits per heavy atom. The van der Waals surface area contributed by atoms with E-state index in [0.717, 1.165) is 36.5 Å². The summed E-state index contributed by atoms with van der Waals surface area (Å²) < 4.78 is 0. The molecule has 0 unspecified atom stereocenters. The van der Waals surface area contributed by atoms with Crippen molar-refractivity contribution >= 4 is 11.3 Å². The van der Waals surface area contributed by atoms with Crippen LogP contribution in [0.15, 0.2) is 5.38 Å². The van der Waals surface area contributed by atoms with Gasteiger partial charge in [0.1, 0.15) is 0 Å². The third-order valence-corrected chi connectivity index (χ3v) is 3.82. The van der Waals surface area contributed by atoms with Crippen LogP contribution in [0.5, 0.6) is 0 Å². The first-order chi connectivity index (χ1) is 7.59. The molecule has 1 rings (SSSR count). The largest absolute Gasteiger partial charge is 0.389 e. The Morgan fingerprint density at radius 1 is 1.44 bits per heavy atom. The van der Waals surface area contributed by atoms with Crippen molar-refractivity contribution in [3.63, 3.8) is 0 Å². The third kappa shape index (κ3) is 4.20. The zero-order valence-corrected chi connectivity index (χ0v) is 11.2. The third-order valence-electron chi connectivity index (χ3n) is 2.99. The summed E-state index contributed by atoms with van der Waals surface area (Å²) in [5, 5.41) is 16.6. The van der Waals surface area contributed by atoms with Crippen molar-refractivity contribution in [2.24, 2.45) is 0 Å². The number of aliphatic hydroxyl groups is 1. The van der Waals surface area contributed by atoms with Crippen molar-refractivity contribution in [3.8, 4) is 0 Å². The maximum atomic E-state index is 10.1. The predicted molar refractivity (Wildman–Crippen MR) is 69.0 cm³/mol. The lowest BCUT2D eigenvalue weighted by Gasteiger charge is -2.25. The van der Waals surface area contributed by atoms with Crippen LogP contribution in [0.25, 0.3) is 0 Å². The number of rotatable bonds is 7. The van der Waals surface area contributed by atoms with E-state index in [1.54, 1.807) is 11.3 Å². The van der Waals surface area contributed by atoms with Gasteiger partial charge in [-0.1, -0.05) is 13.8 Å². The fraction of sp³-hybridized carbons (Fsp3) is 0.750. The zero-order valence-electron chi connectivity index (χ0n) is 10.4. The molecule has 16 heavy (non-hydrogen) atoms. The molecule has 0 amide bonds. The smallest absolute Gasteiger partial charge is 0.0897 e. The first-order valence-corrected chi connectivity index (χ1v) is 6.81. The van der Waals surface area contributed by atoms with Gasteiger partial charge in [0.15, 0.2) is 0 Å². The van der Waals surface area contributed by atoms with Gasteiger partial charge in [-0.15, -0.1) is 11.3 Å². The van der Waals surface area contributed by atoms with Gasteiger partial charge in [0.25, 0.3) is 0 Å². The number of thiazole rings is 1. The van der Waals surface area contributed by atoms with Crippen molar-refractivity contribution in [1.82, 2.24) is 10.3 Å². The predicted octanol–water partition coefficient (Wildman–Crippen LogP) is 2.13. The molecule has 0 atom stereocenters. The highest BCUT2D eigenvalue weighted by Crippen LogP contribution is 2.13. The minimum absolute atomic E-state index is 0.544. The first kappa shape index (κ1) is 13.6. The van der Waals surface area contributed by atoms with Gasteiger partial charge in [-0.3, -0.25) is 0 Å². The Labute approximate surface area is 102 Å². The van der Waals surface area contributed by atoms with Crippen LogP contribution in [0, 0.1) is 6.92 Å². The molecular formula is C12H22N2OS. The molecule has 92 valence electrons. The minimum Gasteiger partial charge on any atom is -0.389 e. The van der Waals surface area contributed by atoms with Crippen LogP contribution >= 0.6 is 11.3 Å². The molecule has 0 saturated carbocycles. The Kier molecular flexibility index (Phi) is 5.38. The van der Waals surface area contributed by atoms with Gasteiger partial charge in [0.05, 0.1) is 16.3 Å². The Balaban J connectivity index is 2.21. The number of nitrogens with zero attached hydrogens (tertiary/aromatic N) is 1. The highest BCUT2D eigenvalue weighted by Gasteiger charge is 2.20. The van der Waals surface area contributed by atoms with Crippen LogP contribution in [-0.4, -0.2) is 28.8 Å². The van der Waals surface area contributed by atoms with Gasteiger partial charge in [0.2, 0.25) is 0 Å². The van der Waals surface area contributed by atoms with E-state index in [-0.39, 0.29) is 0 Å². The molecule has 2 N–H and O–H groups in total. The van der Waals surface area contributed by atoms with Crippen LogP contribution in [-0.2, 0) is 6.42 Å². The Bertz CT molecular complexity index is 308. The lowest BCUT2D eigenvalue weighted by Crippen LogP contribution is -2.40. The lowest BCUT2D eigenvalue weighted by atomic mass is 9.98. The fourth-order valence-corrected chi connectivity index (χ4v) is 2.21. The zero-order chi connectivity index (χ0) is 12.0. The van der Waals surface area contributed by atoms with E-state index in [0.29, 0.717) is 6.54 Å². The van der Waals surface area contributed by atoms with Crippen LogP contribution in [0.3, 0.4) is 0 Å². The Hall–Kier alpha value is -0.450. The maximum Gasteiger partial charge on any atom is 0.0897 e. The fourth-order valence-electron chi connectivity index (χ4n) is 1.56. The summed E-state index contributed by atoms with van der Waals surface area (Å²) >= 11 is 1.69. The number of aryl methyl sites for hydroxylation is 1. The molecule has 1 heterocycles. The van der Waals surface area contributed by atoms with Crippen LogP contribution in [0.1, 0.15) is 37.4 Å². The molecule has 0 fully saturated rings. The number of hydrogen-bond donors (Lipinski definition) is 2. The monoisotopic (exact) mass is 242 g/mol. The average Bonchev–Trinajstić information content (AvgIpc) is 2.70. The van der Waals surface area contributed by atoms with Gasteiger partial charge in [-0.25, -0.2) is 4.98 Å². The molecule has 0 aliphatic rings. The van der Waals surface area contributed by atoms with E-state index in [9.17, 15) is 5.11 Å². The SMILES string of the molecule is CCC(O)(CC)CNCCc1csc(C)n1. The van der Waals surface area contributed by atoms with Gasteiger partial charge in [0, 0.05) is 24.9 Å². The summed E-state index contributed by atoms with van der Waals surface area (Å²) in [7, 11) is 0. The minimum atomic E-state index is -0.544. The first-order valence-electron chi connectivity index (χ1n) is 5.93. The summed E-state index contributed by atoms with van der Waals surface area (Å²) in [4.78, 5) is 4.40. The van der Waals surface area contributed by atoms with Gasteiger partial charge >= 0.3 is 0 Å². The van der Waals surface area contributed by atoms with Gasteiger partial charge < -0.3 is 10.4 Å². The van der Waals surface area contributed by atoms with Crippen molar-refractivity contribution in [1.29, 1.82) is 0 Å². The normalized spacial score (nSPS) is 12.0. The summed E-state index contributed by atoms with van der Waals surface area (Å²) in [5.41, 5.74) is 0.601. The average molecular weight is 242 g/mol. The summed E-state index contributed by atoms with van der Waals surface area (Å²) in [6.07, 6.45) is 2.53. The Morgan fingerprint density at radius 3 is 2.62 bits per heavy atom. The molecule has 0 spiro atoms. The lowest BCUT2D eigenvalue weighted by molar-refractivity contribution is 0.0328. The number of hydrogen-bond acceptors (Lipinski definition) is 4. The van der Waals surface area contributed by atoms with Crippen LogP contribution in [0.2, 0.25) is 0 Å². The second kappa shape index (κ2) is 6.33. The standard InChI is InChI=1S/C12H22N2OS/c1-4-12(15,5-2)9-13-7-6-11-8-16-10(3)14-11/h8,13,15H,4-7,9H2,1-3H3. The summed E-state index contributed by atoms with van der Waals surface area (Å²) in [6, 6.07) is 0. The van der Waals surface area contributed by atoms with Crippen molar-refractivity contribution in [3.05, 3.63) is 16.1 Å². The van der Waals surface area contributed by atoms with Gasteiger partial charge in [-0.05, 0) is 19.8 Å². The molecule has 3 nitrogen and oxygen atoms in total. The molecule has 0 aliphatic carbocycles. The van der Waals surface area contributed by atoms with Crippen molar-refractivity contribution in [2.75, 3.05) is 13.1 Å². The van der Waals surface area contributed by atoms with Gasteiger partial charge in [-0.2, -0.15) is 0 Å². The van der Waals surface area contributed by atoms with Crippen LogP contribution < -0.4 is 5.32 Å². The van der Waals surface area contributed by atoms with E-state index in [1.807, 2.05) is 20.8 Å². The molecule has 1 aromatic heterocycles. The topological polar surface area (TPSA) is 45.1 Å². The van der Waals surface area contributed by atoms with Crippen molar-refractivity contribution in [2.45, 2.75) is 45.6 Å². The second-order valence-electron chi connectivity index (χ2n) is 4.22. The maximum absolute atomic E-state index is 10.1. The van der Waals surface area contributed by atoms with Crippen LogP contribution in [0.4, 0.5) is 0 Å². The summed E-state index contributed by atoms with van der Waals surface area (Å²) in [5.74, 6) is 0. The highest BCUT2D eigenvalue weighted by molar-refractivity contribution is 7.09. The van der Waals surface area contributed by atoms with E-state index < -0.39 is 5.60 Å². The number of nitrogens with one attached hydrogen (secondary N) is 1. The molecule has 0 aromatic carbocycles. The van der Waals surface area contributed by atoms with E-state index >= 15 is 0 Å². The molecule has 4 heteroatoms. The molecule has 0 aliphatic heterocycles. The second-order valence-corrected chi connectivity index (χ2v) is 5.28. The van der Waals surface area contributed by atoms with E-state index in [4.69, 9.17) is 0 Å². The van der Waals surface area contributed by atoms with E-state index in [2.05, 4.69) is 15.7 Å². The highest BCUT2D eigenvalue weighted by atomic mass is 32.1.